The summed E-state index contributed by atoms with van der Waals surface area (Å²) in [6.45, 7) is 2.23. The predicted molar refractivity (Wildman–Crippen MR) is 64.2 cm³/mol. The number of aliphatic carboxylic acids is 1. The standard InChI is InChI=1S/C12H19N3O3/c1-15-6-2-3-9(8-15)7-10-13-11(18-14-10)4-5-12(16)17/h9H,2-8H2,1H3,(H,16,17). The Labute approximate surface area is 106 Å². The molecule has 1 aromatic rings. The van der Waals surface area contributed by atoms with E-state index in [4.69, 9.17) is 9.63 Å². The summed E-state index contributed by atoms with van der Waals surface area (Å²) in [4.78, 5) is 17.0. The molecular formula is C12H19N3O3. The van der Waals surface area contributed by atoms with E-state index in [1.807, 2.05) is 0 Å². The van der Waals surface area contributed by atoms with Crippen LogP contribution in [0.1, 0.15) is 31.0 Å². The number of rotatable bonds is 5. The van der Waals surface area contributed by atoms with Crippen molar-refractivity contribution >= 4 is 5.97 Å². The summed E-state index contributed by atoms with van der Waals surface area (Å²) in [5, 5.41) is 12.5. The van der Waals surface area contributed by atoms with Gasteiger partial charge in [0.1, 0.15) is 0 Å². The van der Waals surface area contributed by atoms with E-state index in [-0.39, 0.29) is 6.42 Å². The van der Waals surface area contributed by atoms with Gasteiger partial charge in [-0.25, -0.2) is 0 Å². The fourth-order valence-electron chi connectivity index (χ4n) is 2.39. The van der Waals surface area contributed by atoms with Crippen LogP contribution in [0.25, 0.3) is 0 Å². The molecule has 1 atom stereocenters. The third kappa shape index (κ3) is 3.80. The van der Waals surface area contributed by atoms with Gasteiger partial charge in [-0.1, -0.05) is 5.16 Å². The average Bonchev–Trinajstić information content (AvgIpc) is 2.74. The number of piperidine rings is 1. The molecule has 100 valence electrons. The van der Waals surface area contributed by atoms with Crippen LogP contribution in [-0.2, 0) is 17.6 Å². The van der Waals surface area contributed by atoms with Crippen LogP contribution in [0.15, 0.2) is 4.52 Å². The molecule has 0 bridgehead atoms. The van der Waals surface area contributed by atoms with Crippen LogP contribution in [-0.4, -0.2) is 46.3 Å². The number of likely N-dealkylation sites (tertiary alicyclic amines) is 1. The molecule has 1 fully saturated rings. The van der Waals surface area contributed by atoms with E-state index in [0.29, 0.717) is 24.1 Å². The molecule has 0 amide bonds. The molecule has 2 rings (SSSR count). The summed E-state index contributed by atoms with van der Waals surface area (Å²) in [5.74, 6) is 0.865. The molecule has 0 saturated carbocycles. The number of hydrogen-bond donors (Lipinski definition) is 1. The normalized spacial score (nSPS) is 21.1. The minimum Gasteiger partial charge on any atom is -0.481 e. The Morgan fingerprint density at radius 1 is 1.61 bits per heavy atom. The van der Waals surface area contributed by atoms with Gasteiger partial charge < -0.3 is 14.5 Å². The Morgan fingerprint density at radius 2 is 2.44 bits per heavy atom. The number of carboxylic acid groups (broad SMARTS) is 1. The largest absolute Gasteiger partial charge is 0.481 e. The first-order valence-corrected chi connectivity index (χ1v) is 6.35. The molecule has 1 saturated heterocycles. The molecule has 6 heteroatoms. The topological polar surface area (TPSA) is 79.5 Å². The summed E-state index contributed by atoms with van der Waals surface area (Å²) in [5.41, 5.74) is 0. The highest BCUT2D eigenvalue weighted by atomic mass is 16.5. The molecule has 0 radical (unpaired) electrons. The van der Waals surface area contributed by atoms with Gasteiger partial charge in [0.2, 0.25) is 5.89 Å². The van der Waals surface area contributed by atoms with Gasteiger partial charge >= 0.3 is 5.97 Å². The molecule has 0 spiro atoms. The number of hydrogen-bond acceptors (Lipinski definition) is 5. The molecule has 0 aromatic carbocycles. The summed E-state index contributed by atoms with van der Waals surface area (Å²) in [6.07, 6.45) is 3.58. The number of carbonyl (C=O) groups is 1. The molecule has 1 aromatic heterocycles. The molecule has 0 aliphatic carbocycles. The third-order valence-electron chi connectivity index (χ3n) is 3.26. The SMILES string of the molecule is CN1CCCC(Cc2noc(CCC(=O)O)n2)C1. The Bertz CT molecular complexity index is 405. The fourth-order valence-corrected chi connectivity index (χ4v) is 2.39. The van der Waals surface area contributed by atoms with Crippen LogP contribution in [0, 0.1) is 5.92 Å². The maximum atomic E-state index is 10.4. The van der Waals surface area contributed by atoms with Gasteiger partial charge in [-0.3, -0.25) is 4.79 Å². The van der Waals surface area contributed by atoms with Crippen molar-refractivity contribution in [2.24, 2.45) is 5.92 Å². The van der Waals surface area contributed by atoms with Crippen molar-refractivity contribution in [1.29, 1.82) is 0 Å². The third-order valence-corrected chi connectivity index (χ3v) is 3.26. The smallest absolute Gasteiger partial charge is 0.303 e. The molecule has 1 unspecified atom stereocenters. The molecular weight excluding hydrogens is 234 g/mol. The first kappa shape index (κ1) is 13.0. The van der Waals surface area contributed by atoms with Crippen molar-refractivity contribution in [1.82, 2.24) is 15.0 Å². The second-order valence-electron chi connectivity index (χ2n) is 4.97. The zero-order valence-corrected chi connectivity index (χ0v) is 10.6. The summed E-state index contributed by atoms with van der Waals surface area (Å²) in [6, 6.07) is 0. The Kier molecular flexibility index (Phi) is 4.30. The van der Waals surface area contributed by atoms with E-state index < -0.39 is 5.97 Å². The van der Waals surface area contributed by atoms with E-state index in [2.05, 4.69) is 22.1 Å². The Hall–Kier alpha value is -1.43. The van der Waals surface area contributed by atoms with Crippen LogP contribution in [0.3, 0.4) is 0 Å². The number of nitrogens with zero attached hydrogens (tertiary/aromatic N) is 3. The van der Waals surface area contributed by atoms with E-state index in [9.17, 15) is 4.79 Å². The Morgan fingerprint density at radius 3 is 3.17 bits per heavy atom. The van der Waals surface area contributed by atoms with E-state index >= 15 is 0 Å². The van der Waals surface area contributed by atoms with Gasteiger partial charge in [0.25, 0.3) is 0 Å². The number of aryl methyl sites for hydroxylation is 1. The van der Waals surface area contributed by atoms with Crippen LogP contribution in [0.5, 0.6) is 0 Å². The second kappa shape index (κ2) is 5.95. The zero-order valence-electron chi connectivity index (χ0n) is 10.6. The van der Waals surface area contributed by atoms with Gasteiger partial charge in [0.05, 0.1) is 6.42 Å². The van der Waals surface area contributed by atoms with Gasteiger partial charge in [0, 0.05) is 19.4 Å². The summed E-state index contributed by atoms with van der Waals surface area (Å²) in [7, 11) is 2.13. The van der Waals surface area contributed by atoms with Crippen LogP contribution in [0.4, 0.5) is 0 Å². The van der Waals surface area contributed by atoms with Crippen molar-refractivity contribution in [3.8, 4) is 0 Å². The fraction of sp³-hybridized carbons (Fsp3) is 0.750. The maximum Gasteiger partial charge on any atom is 0.303 e. The highest BCUT2D eigenvalue weighted by Crippen LogP contribution is 2.18. The van der Waals surface area contributed by atoms with Gasteiger partial charge in [-0.15, -0.1) is 0 Å². The van der Waals surface area contributed by atoms with Gasteiger partial charge in [-0.2, -0.15) is 4.98 Å². The molecule has 6 nitrogen and oxygen atoms in total. The molecule has 1 aliphatic rings. The lowest BCUT2D eigenvalue weighted by atomic mass is 9.95. The lowest BCUT2D eigenvalue weighted by Gasteiger charge is -2.28. The summed E-state index contributed by atoms with van der Waals surface area (Å²) >= 11 is 0. The second-order valence-corrected chi connectivity index (χ2v) is 4.97. The first-order chi connectivity index (χ1) is 8.63. The van der Waals surface area contributed by atoms with E-state index in [0.717, 1.165) is 19.5 Å². The van der Waals surface area contributed by atoms with E-state index in [1.54, 1.807) is 0 Å². The van der Waals surface area contributed by atoms with Crippen LogP contribution in [0.2, 0.25) is 0 Å². The van der Waals surface area contributed by atoms with Crippen LogP contribution < -0.4 is 0 Å². The molecule has 1 N–H and O–H groups in total. The quantitative estimate of drug-likeness (QED) is 0.842. The Balaban J connectivity index is 1.84. The zero-order chi connectivity index (χ0) is 13.0. The van der Waals surface area contributed by atoms with Crippen molar-refractivity contribution in [3.05, 3.63) is 11.7 Å². The number of aromatic nitrogens is 2. The monoisotopic (exact) mass is 253 g/mol. The van der Waals surface area contributed by atoms with Gasteiger partial charge in [0.15, 0.2) is 5.82 Å². The lowest BCUT2D eigenvalue weighted by Crippen LogP contribution is -2.33. The number of carboxylic acids is 1. The van der Waals surface area contributed by atoms with Gasteiger partial charge in [-0.05, 0) is 32.4 Å². The highest BCUT2D eigenvalue weighted by molar-refractivity contribution is 5.66. The minimum atomic E-state index is -0.844. The van der Waals surface area contributed by atoms with E-state index in [1.165, 1.54) is 12.8 Å². The maximum absolute atomic E-state index is 10.4. The van der Waals surface area contributed by atoms with Crippen molar-refractivity contribution < 1.29 is 14.4 Å². The van der Waals surface area contributed by atoms with Crippen molar-refractivity contribution in [2.45, 2.75) is 32.1 Å². The van der Waals surface area contributed by atoms with Crippen molar-refractivity contribution in [2.75, 3.05) is 20.1 Å². The lowest BCUT2D eigenvalue weighted by molar-refractivity contribution is -0.137. The highest BCUT2D eigenvalue weighted by Gasteiger charge is 2.20. The molecule has 2 heterocycles. The predicted octanol–water partition coefficient (Wildman–Crippen LogP) is 0.971. The molecule has 1 aliphatic heterocycles. The summed E-state index contributed by atoms with van der Waals surface area (Å²) < 4.78 is 5.05. The first-order valence-electron chi connectivity index (χ1n) is 6.35. The minimum absolute atomic E-state index is 0.0355. The van der Waals surface area contributed by atoms with Crippen LogP contribution >= 0.6 is 0 Å². The van der Waals surface area contributed by atoms with Crippen molar-refractivity contribution in [3.63, 3.8) is 0 Å². The average molecular weight is 253 g/mol. The molecule has 18 heavy (non-hydrogen) atoms.